The zero-order valence-electron chi connectivity index (χ0n) is 11.4. The minimum Gasteiger partial charge on any atom is -0.365 e. The van der Waals surface area contributed by atoms with E-state index in [0.717, 1.165) is 41.8 Å². The molecule has 0 atom stereocenters. The molecule has 0 radical (unpaired) electrons. The Balaban J connectivity index is 1.93. The summed E-state index contributed by atoms with van der Waals surface area (Å²) in [4.78, 5) is 24.8. The van der Waals surface area contributed by atoms with Crippen molar-refractivity contribution in [1.29, 1.82) is 0 Å². The molecule has 0 saturated carbocycles. The predicted molar refractivity (Wildman–Crippen MR) is 79.2 cm³/mol. The monoisotopic (exact) mass is 322 g/mol. The topological polar surface area (TPSA) is 72.2 Å². The summed E-state index contributed by atoms with van der Waals surface area (Å²) in [5.41, 5.74) is 6.27. The van der Waals surface area contributed by atoms with Gasteiger partial charge in [0, 0.05) is 10.9 Å². The van der Waals surface area contributed by atoms with Crippen LogP contribution in [-0.4, -0.2) is 11.8 Å². The molecule has 3 rings (SSSR count). The molecule has 0 aliphatic heterocycles. The van der Waals surface area contributed by atoms with E-state index in [0.29, 0.717) is 16.6 Å². The lowest BCUT2D eigenvalue weighted by Gasteiger charge is -2.07. The second-order valence-corrected chi connectivity index (χ2v) is 6.11. The Morgan fingerprint density at radius 1 is 1.23 bits per heavy atom. The van der Waals surface area contributed by atoms with E-state index in [1.54, 1.807) is 0 Å². The number of fused-ring (bicyclic) bond motifs is 1. The summed E-state index contributed by atoms with van der Waals surface area (Å²) in [5, 5.41) is 2.84. The second-order valence-electron chi connectivity index (χ2n) is 5.00. The fourth-order valence-corrected chi connectivity index (χ4v) is 3.89. The summed E-state index contributed by atoms with van der Waals surface area (Å²) in [6, 6.07) is 2.70. The molecule has 1 heterocycles. The third kappa shape index (κ3) is 2.48. The summed E-state index contributed by atoms with van der Waals surface area (Å²) in [6.45, 7) is 0. The van der Waals surface area contributed by atoms with Crippen LogP contribution in [0, 0.1) is 11.6 Å². The van der Waals surface area contributed by atoms with Gasteiger partial charge in [0.15, 0.2) is 0 Å². The molecule has 7 heteroatoms. The Hall–Kier alpha value is -2.28. The van der Waals surface area contributed by atoms with Crippen LogP contribution in [0.5, 0.6) is 0 Å². The number of benzene rings is 1. The summed E-state index contributed by atoms with van der Waals surface area (Å²) in [6.07, 6.45) is 2.52. The van der Waals surface area contributed by atoms with Crippen molar-refractivity contribution in [3.63, 3.8) is 0 Å². The standard InChI is InChI=1S/C15H12F2N2O2S/c16-7-4-5-8(10(17)6-7)14(21)19-15-12(13(18)20)9-2-1-3-11(9)22-15/h4-6H,1-3H2,(H2,18,20)(H,19,21). The van der Waals surface area contributed by atoms with E-state index < -0.39 is 23.4 Å². The quantitative estimate of drug-likeness (QED) is 0.912. The maximum absolute atomic E-state index is 13.6. The third-order valence-electron chi connectivity index (χ3n) is 3.57. The van der Waals surface area contributed by atoms with Crippen molar-refractivity contribution < 1.29 is 18.4 Å². The van der Waals surface area contributed by atoms with Crippen molar-refractivity contribution >= 4 is 28.2 Å². The average Bonchev–Trinajstić information content (AvgIpc) is 2.97. The van der Waals surface area contributed by atoms with Crippen molar-refractivity contribution in [2.45, 2.75) is 19.3 Å². The largest absolute Gasteiger partial charge is 0.365 e. The number of carbonyl (C=O) groups excluding carboxylic acids is 2. The van der Waals surface area contributed by atoms with Crippen LogP contribution in [0.1, 0.15) is 37.6 Å². The lowest BCUT2D eigenvalue weighted by molar-refractivity contribution is 0.100. The van der Waals surface area contributed by atoms with Crippen molar-refractivity contribution in [3.05, 3.63) is 51.4 Å². The fourth-order valence-electron chi connectivity index (χ4n) is 2.60. The molecule has 0 saturated heterocycles. The third-order valence-corrected chi connectivity index (χ3v) is 4.78. The number of amides is 2. The van der Waals surface area contributed by atoms with Gasteiger partial charge in [-0.25, -0.2) is 8.78 Å². The van der Waals surface area contributed by atoms with Gasteiger partial charge < -0.3 is 11.1 Å². The number of nitrogens with two attached hydrogens (primary N) is 1. The molecule has 0 unspecified atom stereocenters. The maximum Gasteiger partial charge on any atom is 0.259 e. The van der Waals surface area contributed by atoms with Crippen LogP contribution in [0.4, 0.5) is 13.8 Å². The first-order valence-electron chi connectivity index (χ1n) is 6.68. The maximum atomic E-state index is 13.6. The van der Waals surface area contributed by atoms with Gasteiger partial charge in [0.05, 0.1) is 11.1 Å². The van der Waals surface area contributed by atoms with Crippen LogP contribution in [0.2, 0.25) is 0 Å². The number of nitrogens with one attached hydrogen (secondary N) is 1. The summed E-state index contributed by atoms with van der Waals surface area (Å²) >= 11 is 1.28. The van der Waals surface area contributed by atoms with Gasteiger partial charge in [0.1, 0.15) is 16.6 Å². The second kappa shape index (κ2) is 5.49. The Morgan fingerprint density at radius 2 is 2.00 bits per heavy atom. The first-order valence-corrected chi connectivity index (χ1v) is 7.49. The van der Waals surface area contributed by atoms with Crippen molar-refractivity contribution in [3.8, 4) is 0 Å². The normalized spacial score (nSPS) is 13.0. The van der Waals surface area contributed by atoms with Gasteiger partial charge in [0.2, 0.25) is 0 Å². The van der Waals surface area contributed by atoms with Crippen molar-refractivity contribution in [2.75, 3.05) is 5.32 Å². The van der Waals surface area contributed by atoms with E-state index in [2.05, 4.69) is 5.32 Å². The molecule has 1 aromatic carbocycles. The van der Waals surface area contributed by atoms with Gasteiger partial charge >= 0.3 is 0 Å². The number of halogens is 2. The number of anilines is 1. The highest BCUT2D eigenvalue weighted by Crippen LogP contribution is 2.39. The Labute approximate surface area is 128 Å². The number of hydrogen-bond donors (Lipinski definition) is 2. The molecular formula is C15H12F2N2O2S. The molecule has 3 N–H and O–H groups in total. The number of aryl methyl sites for hydroxylation is 1. The van der Waals surface area contributed by atoms with Gasteiger partial charge in [-0.3, -0.25) is 9.59 Å². The van der Waals surface area contributed by atoms with Gasteiger partial charge in [-0.05, 0) is 37.0 Å². The molecule has 114 valence electrons. The minimum atomic E-state index is -0.956. The number of rotatable bonds is 3. The molecule has 2 amide bonds. The van der Waals surface area contributed by atoms with Gasteiger partial charge in [-0.1, -0.05) is 0 Å². The molecule has 4 nitrogen and oxygen atoms in total. The number of hydrogen-bond acceptors (Lipinski definition) is 3. The zero-order valence-corrected chi connectivity index (χ0v) is 12.2. The average molecular weight is 322 g/mol. The smallest absolute Gasteiger partial charge is 0.259 e. The fraction of sp³-hybridized carbons (Fsp3) is 0.200. The lowest BCUT2D eigenvalue weighted by atomic mass is 10.1. The van der Waals surface area contributed by atoms with Crippen LogP contribution in [-0.2, 0) is 12.8 Å². The Morgan fingerprint density at radius 3 is 2.68 bits per heavy atom. The van der Waals surface area contributed by atoms with E-state index >= 15 is 0 Å². The van der Waals surface area contributed by atoms with Gasteiger partial charge in [0.25, 0.3) is 11.8 Å². The highest BCUT2D eigenvalue weighted by molar-refractivity contribution is 7.17. The molecule has 1 aromatic heterocycles. The van der Waals surface area contributed by atoms with Crippen molar-refractivity contribution in [2.24, 2.45) is 5.73 Å². The molecule has 0 fully saturated rings. The first kappa shape index (κ1) is 14.6. The van der Waals surface area contributed by atoms with E-state index in [1.165, 1.54) is 11.3 Å². The van der Waals surface area contributed by atoms with E-state index in [-0.39, 0.29) is 5.56 Å². The first-order chi connectivity index (χ1) is 10.5. The number of thiophene rings is 1. The van der Waals surface area contributed by atoms with Crippen LogP contribution >= 0.6 is 11.3 Å². The highest BCUT2D eigenvalue weighted by Gasteiger charge is 2.26. The molecule has 2 aromatic rings. The Bertz CT molecular complexity index is 786. The predicted octanol–water partition coefficient (Wildman–Crippen LogP) is 2.87. The lowest BCUT2D eigenvalue weighted by Crippen LogP contribution is -2.18. The van der Waals surface area contributed by atoms with E-state index in [4.69, 9.17) is 5.73 Å². The van der Waals surface area contributed by atoms with E-state index in [9.17, 15) is 18.4 Å². The minimum absolute atomic E-state index is 0.287. The zero-order chi connectivity index (χ0) is 15.9. The van der Waals surface area contributed by atoms with Crippen LogP contribution in [0.3, 0.4) is 0 Å². The molecule has 0 bridgehead atoms. The number of primary amides is 1. The molecule has 1 aliphatic carbocycles. The summed E-state index contributed by atoms with van der Waals surface area (Å²) in [5.74, 6) is -3.07. The van der Waals surface area contributed by atoms with Gasteiger partial charge in [-0.2, -0.15) is 0 Å². The number of carbonyl (C=O) groups is 2. The Kier molecular flexibility index (Phi) is 3.66. The van der Waals surface area contributed by atoms with Crippen LogP contribution in [0.25, 0.3) is 0 Å². The summed E-state index contributed by atoms with van der Waals surface area (Å²) < 4.78 is 26.5. The van der Waals surface area contributed by atoms with Crippen molar-refractivity contribution in [1.82, 2.24) is 0 Å². The molecule has 0 spiro atoms. The highest BCUT2D eigenvalue weighted by atomic mass is 32.1. The molecule has 22 heavy (non-hydrogen) atoms. The SMILES string of the molecule is NC(=O)c1c(NC(=O)c2ccc(F)cc2F)sc2c1CCC2. The molecule has 1 aliphatic rings. The van der Waals surface area contributed by atoms with E-state index in [1.807, 2.05) is 0 Å². The van der Waals surface area contributed by atoms with Gasteiger partial charge in [-0.15, -0.1) is 11.3 Å². The molecular weight excluding hydrogens is 310 g/mol. The summed E-state index contributed by atoms with van der Waals surface area (Å²) in [7, 11) is 0. The van der Waals surface area contributed by atoms with Crippen LogP contribution in [0.15, 0.2) is 18.2 Å². The van der Waals surface area contributed by atoms with Crippen LogP contribution < -0.4 is 11.1 Å².